The molecule has 0 aliphatic rings. The molecule has 0 saturated carbocycles. The van der Waals surface area contributed by atoms with Crippen LogP contribution in [-0.2, 0) is 0 Å². The third-order valence-corrected chi connectivity index (χ3v) is 2.38. The summed E-state index contributed by atoms with van der Waals surface area (Å²) in [6.45, 7) is 3.11. The SMILES string of the molecule is CCNC(=O)NCCNC(=O)Nc1ccc(OC)cc1. The molecule has 0 unspecified atom stereocenters. The van der Waals surface area contributed by atoms with Crippen molar-refractivity contribution in [1.82, 2.24) is 16.0 Å². The Balaban J connectivity index is 2.21. The molecule has 0 radical (unpaired) electrons. The first kappa shape index (κ1) is 15.6. The monoisotopic (exact) mass is 280 g/mol. The van der Waals surface area contributed by atoms with Gasteiger partial charge in [-0.3, -0.25) is 0 Å². The van der Waals surface area contributed by atoms with Crippen molar-refractivity contribution >= 4 is 17.7 Å². The molecule has 110 valence electrons. The summed E-state index contributed by atoms with van der Waals surface area (Å²) in [4.78, 5) is 22.6. The van der Waals surface area contributed by atoms with E-state index in [0.717, 1.165) is 5.75 Å². The number of carbonyl (C=O) groups excluding carboxylic acids is 2. The number of nitrogens with one attached hydrogen (secondary N) is 4. The fraction of sp³-hybridized carbons (Fsp3) is 0.385. The van der Waals surface area contributed by atoms with E-state index in [-0.39, 0.29) is 12.1 Å². The zero-order chi connectivity index (χ0) is 14.8. The maximum absolute atomic E-state index is 11.6. The predicted molar refractivity (Wildman–Crippen MR) is 77.1 cm³/mol. The highest BCUT2D eigenvalue weighted by molar-refractivity contribution is 5.89. The van der Waals surface area contributed by atoms with E-state index in [2.05, 4.69) is 21.3 Å². The lowest BCUT2D eigenvalue weighted by molar-refractivity contribution is 0.240. The maximum Gasteiger partial charge on any atom is 0.319 e. The van der Waals surface area contributed by atoms with E-state index >= 15 is 0 Å². The average Bonchev–Trinajstić information content (AvgIpc) is 2.45. The molecule has 0 saturated heterocycles. The molecule has 1 aromatic carbocycles. The Morgan fingerprint density at radius 3 is 2.15 bits per heavy atom. The van der Waals surface area contributed by atoms with Crippen LogP contribution in [0.2, 0.25) is 0 Å². The highest BCUT2D eigenvalue weighted by Crippen LogP contribution is 2.14. The van der Waals surface area contributed by atoms with Crippen LogP contribution in [0.4, 0.5) is 15.3 Å². The summed E-state index contributed by atoms with van der Waals surface area (Å²) in [6, 6.07) is 6.42. The van der Waals surface area contributed by atoms with Gasteiger partial charge in [0.25, 0.3) is 0 Å². The van der Waals surface area contributed by atoms with Crippen molar-refractivity contribution in [3.63, 3.8) is 0 Å². The molecular weight excluding hydrogens is 260 g/mol. The molecular formula is C13H20N4O3. The average molecular weight is 280 g/mol. The van der Waals surface area contributed by atoms with Crippen LogP contribution in [0.15, 0.2) is 24.3 Å². The van der Waals surface area contributed by atoms with Crippen molar-refractivity contribution in [3.05, 3.63) is 24.3 Å². The molecule has 0 heterocycles. The largest absolute Gasteiger partial charge is 0.497 e. The van der Waals surface area contributed by atoms with Crippen LogP contribution in [-0.4, -0.2) is 38.8 Å². The van der Waals surface area contributed by atoms with E-state index in [1.807, 2.05) is 6.92 Å². The van der Waals surface area contributed by atoms with Crippen LogP contribution in [0.1, 0.15) is 6.92 Å². The molecule has 4 amide bonds. The standard InChI is InChI=1S/C13H20N4O3/c1-3-14-12(18)15-8-9-16-13(19)17-10-4-6-11(20-2)7-5-10/h4-7H,3,8-9H2,1-2H3,(H2,14,15,18)(H2,16,17,19). The lowest BCUT2D eigenvalue weighted by atomic mass is 10.3. The molecule has 7 nitrogen and oxygen atoms in total. The first-order valence-electron chi connectivity index (χ1n) is 6.36. The second-order valence-electron chi connectivity index (χ2n) is 3.90. The summed E-state index contributed by atoms with van der Waals surface area (Å²) >= 11 is 0. The molecule has 0 aromatic heterocycles. The van der Waals surface area contributed by atoms with Gasteiger partial charge in [-0.2, -0.15) is 0 Å². The Kier molecular flexibility index (Phi) is 6.74. The summed E-state index contributed by atoms with van der Waals surface area (Å²) in [5.74, 6) is 0.724. The van der Waals surface area contributed by atoms with Crippen molar-refractivity contribution in [2.45, 2.75) is 6.92 Å². The molecule has 4 N–H and O–H groups in total. The van der Waals surface area contributed by atoms with Crippen molar-refractivity contribution < 1.29 is 14.3 Å². The molecule has 0 bridgehead atoms. The summed E-state index contributed by atoms with van der Waals surface area (Å²) in [7, 11) is 1.58. The molecule has 0 atom stereocenters. The minimum absolute atomic E-state index is 0.245. The normalized spacial score (nSPS) is 9.50. The Morgan fingerprint density at radius 2 is 1.60 bits per heavy atom. The number of rotatable bonds is 6. The van der Waals surface area contributed by atoms with E-state index in [4.69, 9.17) is 4.74 Å². The van der Waals surface area contributed by atoms with Gasteiger partial charge in [-0.15, -0.1) is 0 Å². The van der Waals surface area contributed by atoms with E-state index in [1.165, 1.54) is 0 Å². The van der Waals surface area contributed by atoms with Crippen molar-refractivity contribution in [1.29, 1.82) is 0 Å². The Labute approximate surface area is 118 Å². The zero-order valence-corrected chi connectivity index (χ0v) is 11.7. The summed E-state index contributed by atoms with van der Waals surface area (Å²) in [5.41, 5.74) is 0.667. The van der Waals surface area contributed by atoms with E-state index < -0.39 is 0 Å². The number of carbonyl (C=O) groups is 2. The predicted octanol–water partition coefficient (Wildman–Crippen LogP) is 1.14. The number of methoxy groups -OCH3 is 1. The molecule has 0 aliphatic heterocycles. The third-order valence-electron chi connectivity index (χ3n) is 2.38. The van der Waals surface area contributed by atoms with Crippen LogP contribution >= 0.6 is 0 Å². The van der Waals surface area contributed by atoms with Gasteiger partial charge in [0, 0.05) is 25.3 Å². The second-order valence-corrected chi connectivity index (χ2v) is 3.90. The molecule has 1 aromatic rings. The summed E-state index contributed by atoms with van der Waals surface area (Å²) in [6.07, 6.45) is 0. The zero-order valence-electron chi connectivity index (χ0n) is 11.7. The van der Waals surface area contributed by atoms with E-state index in [1.54, 1.807) is 31.4 Å². The van der Waals surface area contributed by atoms with Crippen LogP contribution in [0.5, 0.6) is 5.75 Å². The van der Waals surface area contributed by atoms with Gasteiger partial charge in [0.15, 0.2) is 0 Å². The van der Waals surface area contributed by atoms with E-state index in [0.29, 0.717) is 25.3 Å². The number of anilines is 1. The second kappa shape index (κ2) is 8.63. The quantitative estimate of drug-likeness (QED) is 0.589. The van der Waals surface area contributed by atoms with Crippen LogP contribution in [0.3, 0.4) is 0 Å². The highest BCUT2D eigenvalue weighted by atomic mass is 16.5. The third kappa shape index (κ3) is 5.94. The number of hydrogen-bond donors (Lipinski definition) is 4. The number of benzene rings is 1. The molecule has 0 spiro atoms. The van der Waals surface area contributed by atoms with Gasteiger partial charge in [0.05, 0.1) is 7.11 Å². The van der Waals surface area contributed by atoms with Gasteiger partial charge in [0.2, 0.25) is 0 Å². The summed E-state index contributed by atoms with van der Waals surface area (Å²) < 4.78 is 5.02. The molecule has 0 fully saturated rings. The minimum atomic E-state index is -0.326. The van der Waals surface area contributed by atoms with Crippen LogP contribution in [0, 0.1) is 0 Å². The van der Waals surface area contributed by atoms with Crippen molar-refractivity contribution in [2.75, 3.05) is 32.1 Å². The minimum Gasteiger partial charge on any atom is -0.497 e. The fourth-order valence-electron chi connectivity index (χ4n) is 1.42. The Morgan fingerprint density at radius 1 is 1.00 bits per heavy atom. The van der Waals surface area contributed by atoms with Gasteiger partial charge in [-0.05, 0) is 31.2 Å². The Bertz CT molecular complexity index is 434. The molecule has 20 heavy (non-hydrogen) atoms. The first-order valence-corrected chi connectivity index (χ1v) is 6.36. The highest BCUT2D eigenvalue weighted by Gasteiger charge is 2.02. The fourth-order valence-corrected chi connectivity index (χ4v) is 1.42. The summed E-state index contributed by atoms with van der Waals surface area (Å²) in [5, 5.41) is 10.5. The molecule has 7 heteroatoms. The van der Waals surface area contributed by atoms with E-state index in [9.17, 15) is 9.59 Å². The molecule has 0 aliphatic carbocycles. The van der Waals surface area contributed by atoms with Gasteiger partial charge in [-0.1, -0.05) is 0 Å². The lowest BCUT2D eigenvalue weighted by Crippen LogP contribution is -2.41. The topological polar surface area (TPSA) is 91.5 Å². The van der Waals surface area contributed by atoms with Crippen molar-refractivity contribution in [2.24, 2.45) is 0 Å². The van der Waals surface area contributed by atoms with Gasteiger partial charge < -0.3 is 26.0 Å². The Hall–Kier alpha value is -2.44. The number of ether oxygens (including phenoxy) is 1. The smallest absolute Gasteiger partial charge is 0.319 e. The van der Waals surface area contributed by atoms with Gasteiger partial charge in [-0.25, -0.2) is 9.59 Å². The first-order chi connectivity index (χ1) is 9.65. The van der Waals surface area contributed by atoms with Gasteiger partial charge in [0.1, 0.15) is 5.75 Å². The van der Waals surface area contributed by atoms with Crippen LogP contribution < -0.4 is 26.0 Å². The lowest BCUT2D eigenvalue weighted by Gasteiger charge is -2.09. The van der Waals surface area contributed by atoms with Gasteiger partial charge >= 0.3 is 12.1 Å². The molecule has 1 rings (SSSR count). The maximum atomic E-state index is 11.6. The number of urea groups is 2. The number of hydrogen-bond acceptors (Lipinski definition) is 3. The van der Waals surface area contributed by atoms with Crippen LogP contribution in [0.25, 0.3) is 0 Å². The number of amides is 4. The van der Waals surface area contributed by atoms with Crippen molar-refractivity contribution in [3.8, 4) is 5.75 Å².